The van der Waals surface area contributed by atoms with Crippen LogP contribution in [0.25, 0.3) is 11.2 Å². The molecule has 28 nitrogen and oxygen atoms in total. The smallest absolute Gasteiger partial charge is 0.330 e. The minimum absolute atomic E-state index is 0.0243. The zero-order chi connectivity index (χ0) is 96.2. The average Bonchev–Trinajstić information content (AvgIpc) is 1.58. The normalized spacial score (nSPS) is 28.5. The lowest BCUT2D eigenvalue weighted by atomic mass is 10.1. The molecule has 732 valence electrons. The summed E-state index contributed by atoms with van der Waals surface area (Å²) in [7, 11) is -13.2. The third-order valence-corrected chi connectivity index (χ3v) is 54.5. The topological polar surface area (TPSA) is 294 Å². The number of alkyl halides is 2. The Morgan fingerprint density at radius 1 is 0.453 bits per heavy atom. The number of hydrogen-bond acceptors (Lipinski definition) is 22. The molecular formula is C100H131F2N12O16P3Si4. The number of anilines is 1. The van der Waals surface area contributed by atoms with Gasteiger partial charge in [-0.3, -0.25) is 38.1 Å². The first kappa shape index (κ1) is 101. The summed E-state index contributed by atoms with van der Waals surface area (Å²) in [5.41, 5.74) is -0.280. The summed E-state index contributed by atoms with van der Waals surface area (Å²) in [4.78, 5) is 77.8. The van der Waals surface area contributed by atoms with Crippen LogP contribution in [0.1, 0.15) is 146 Å². The van der Waals surface area contributed by atoms with E-state index in [1.54, 1.807) is 6.33 Å². The van der Waals surface area contributed by atoms with E-state index in [-0.39, 0.29) is 55.2 Å². The summed E-state index contributed by atoms with van der Waals surface area (Å²) in [6.45, 7) is 31.1. The largest absolute Gasteiger partial charge is 0.394 e. The first-order valence-electron chi connectivity index (χ1n) is 48.8. The summed E-state index contributed by atoms with van der Waals surface area (Å²) in [5, 5.41) is 11.1. The number of nitrogens with one attached hydrogen (secondary N) is 3. The summed E-state index contributed by atoms with van der Waals surface area (Å²) >= 11 is 0. The van der Waals surface area contributed by atoms with Crippen molar-refractivity contribution >= 4 is 112 Å². The van der Waals surface area contributed by atoms with Crippen LogP contribution in [0, 0.1) is 0 Å². The number of carbonyl (C=O) groups is 1. The van der Waals surface area contributed by atoms with Gasteiger partial charge in [0.25, 0.3) is 36.7 Å². The molecule has 0 spiro atoms. The molecule has 19 rings (SSSR count). The number of hydrogen-bond donors (Lipinski definition) is 3. The van der Waals surface area contributed by atoms with E-state index in [1.165, 1.54) is 68.9 Å². The van der Waals surface area contributed by atoms with Crippen LogP contribution in [0.15, 0.2) is 238 Å². The Hall–Kier alpha value is -7.84. The van der Waals surface area contributed by atoms with Gasteiger partial charge < -0.3 is 55.8 Å². The predicted molar refractivity (Wildman–Crippen MR) is 541 cm³/mol. The molecule has 3 unspecified atom stereocenters. The highest BCUT2D eigenvalue weighted by Gasteiger charge is 2.60. The van der Waals surface area contributed by atoms with Crippen molar-refractivity contribution in [2.24, 2.45) is 0 Å². The second-order valence-corrected chi connectivity index (χ2v) is 61.4. The van der Waals surface area contributed by atoms with Crippen LogP contribution in [0.2, 0.25) is 54.4 Å². The van der Waals surface area contributed by atoms with Crippen molar-refractivity contribution in [2.75, 3.05) is 31.7 Å². The van der Waals surface area contributed by atoms with Crippen LogP contribution in [0.4, 0.5) is 14.6 Å². The molecule has 10 aromatic rings. The molecule has 4 aromatic heterocycles. The van der Waals surface area contributed by atoms with Crippen LogP contribution in [-0.2, 0) is 55.3 Å². The molecule has 9 aliphatic heterocycles. The van der Waals surface area contributed by atoms with Crippen LogP contribution in [0.5, 0.6) is 0 Å². The fourth-order valence-corrected chi connectivity index (χ4v) is 45.9. The highest BCUT2D eigenvalue weighted by molar-refractivity contribution is 7.45. The van der Waals surface area contributed by atoms with Crippen molar-refractivity contribution in [3.05, 3.63) is 261 Å². The van der Waals surface area contributed by atoms with Crippen molar-refractivity contribution in [1.82, 2.24) is 52.6 Å². The van der Waals surface area contributed by atoms with Crippen LogP contribution in [-0.4, -0.2) is 209 Å². The maximum Gasteiger partial charge on any atom is 0.330 e. The number of rotatable bonds is 32. The third-order valence-electron chi connectivity index (χ3n) is 29.8. The van der Waals surface area contributed by atoms with Gasteiger partial charge in [0.2, 0.25) is 14.2 Å². The highest BCUT2D eigenvalue weighted by Crippen LogP contribution is 2.63. The lowest BCUT2D eigenvalue weighted by molar-refractivity contribution is -0.114. The maximum absolute atomic E-state index is 15.9. The quantitative estimate of drug-likeness (QED) is 0.0200. The van der Waals surface area contributed by atoms with Gasteiger partial charge in [-0.2, -0.15) is 0 Å². The van der Waals surface area contributed by atoms with Crippen LogP contribution < -0.4 is 58.9 Å². The molecule has 3 N–H and O–H groups in total. The number of imidazole rings is 1. The molecule has 6 aromatic carbocycles. The van der Waals surface area contributed by atoms with E-state index in [0.29, 0.717) is 52.9 Å². The van der Waals surface area contributed by atoms with E-state index in [1.807, 2.05) is 18.4 Å². The zero-order valence-corrected chi connectivity index (χ0v) is 87.1. The number of ether oxygens (including phenoxy) is 4. The number of nitrogens with zero attached hydrogens (tertiary/aromatic N) is 9. The second kappa shape index (κ2) is 43.9. The standard InChI is InChI=1S/C42H61N6O6PSi2.2C29H35FN3O5PSi/c1-10-35-38(54-55-48-23-17-22-34(48)36(53-55)24-56(9,32-18-13-11-14-19-32)33-20-15-12-16-21-33)39(50-27-51-57(28(2)3,29(4)5)30(6)7)42(52-35)47-26-45-37-40(46-31(8)49)43-25-44-41(37)47;2*1-3-23-27(26(30)28(36-23)32-18-16-25(34)31-29(32)35)38-39-33-17-10-15-22(33)24(37-39)19-40(2,20-11-6-4-7-12-20)21-13-8-5-9-14-21/h11-16,18-21,25-26,28-30,34-36,38-39,42H,10,17,22-24,27H2,1-9H3,(H,43,44,46,49);2*4-9,11-14,16,18,22-24,26-28H,3,10,15,17,19H2,1-2H3,(H,31,34,35)/t34-,35+,36+,38?,39-,42+,55+;22-,23+,24+,26-,27?,28+,39+;22-,23-,24+,26+,27?,28-,39+/m001/s1. The zero-order valence-electron chi connectivity index (χ0n) is 80.4. The Morgan fingerprint density at radius 3 is 1.12 bits per heavy atom. The number of carbonyl (C=O) groups excluding carboxylic acids is 1. The Morgan fingerprint density at radius 2 is 0.788 bits per heavy atom. The molecule has 9 fully saturated rings. The number of aromatic nitrogens is 8. The number of amides is 1. The van der Waals surface area contributed by atoms with E-state index >= 15 is 8.78 Å². The maximum atomic E-state index is 15.9. The minimum Gasteiger partial charge on any atom is -0.394 e. The highest BCUT2D eigenvalue weighted by atomic mass is 31.2. The number of aromatic amines is 2. The van der Waals surface area contributed by atoms with Crippen molar-refractivity contribution in [3.63, 3.8) is 0 Å². The van der Waals surface area contributed by atoms with Gasteiger partial charge in [-0.25, -0.2) is 47.3 Å². The summed E-state index contributed by atoms with van der Waals surface area (Å²) < 4.78 is 117. The van der Waals surface area contributed by atoms with Gasteiger partial charge in [0, 0.05) is 69.2 Å². The average molecular weight is 2000 g/mol. The van der Waals surface area contributed by atoms with E-state index in [2.05, 4.69) is 294 Å². The number of benzene rings is 6. The van der Waals surface area contributed by atoms with Crippen molar-refractivity contribution < 1.29 is 64.1 Å². The first-order valence-corrected chi connectivity index (χ1v) is 62.4. The van der Waals surface area contributed by atoms with Gasteiger partial charge in [-0.1, -0.05) is 295 Å². The van der Waals surface area contributed by atoms with Gasteiger partial charge in [0.1, 0.15) is 61.8 Å². The van der Waals surface area contributed by atoms with E-state index < -0.39 is 148 Å². The third kappa shape index (κ3) is 20.8. The van der Waals surface area contributed by atoms with Gasteiger partial charge in [-0.05, 0) is 92.5 Å². The fraction of sp³-hybridized carbons (Fsp3) is 0.500. The molecule has 0 saturated carbocycles. The van der Waals surface area contributed by atoms with Crippen molar-refractivity contribution in [3.8, 4) is 0 Å². The molecular weight excluding hydrogens is 1870 g/mol. The Bertz CT molecular complexity index is 5580. The lowest BCUT2D eigenvalue weighted by Crippen LogP contribution is -2.58. The minimum atomic E-state index is -2.26. The Labute approximate surface area is 808 Å². The molecule has 13 heterocycles. The van der Waals surface area contributed by atoms with Crippen LogP contribution >= 0.6 is 25.6 Å². The van der Waals surface area contributed by atoms with Crippen LogP contribution in [0.3, 0.4) is 0 Å². The molecule has 0 radical (unpaired) electrons. The molecule has 37 heteroatoms. The molecule has 137 heavy (non-hydrogen) atoms. The SMILES string of the molecule is CC[C@H]1O[C@@H](n2ccc(=O)[nH]c2=O)[C@@H](F)C1O[P@@]1O[C@H](C[Si](C)(c2ccccc2)c2ccccc2)[C@@H]2CCCN21.CC[C@H]1O[C@@H](n2ccc(=O)[nH]c2=O)[C@@H](F)C1O[P@]1O[C@@H](C[Si](C)(c2ccccc2)c2ccccc2)[C@H]2CCCN21.CC[C@H]1O[C@@H](n2cnc3c(NC(C)=O)ncnc32)[C@@H](OCO[Si](C(C)C)(C(C)C)C(C)C)C1O[P@@]1O[C@H](C[Si](C)(c2ccccc2)c2ccccc2)[C@@H]2CCCN21. The molecule has 21 atom stereocenters. The summed E-state index contributed by atoms with van der Waals surface area (Å²) in [6, 6.07) is 70.8. The van der Waals surface area contributed by atoms with Crippen molar-refractivity contribution in [2.45, 2.75) is 292 Å². The van der Waals surface area contributed by atoms with E-state index in [0.717, 1.165) is 85.4 Å². The molecule has 9 saturated heterocycles. The molecule has 9 aliphatic rings. The number of halogens is 2. The van der Waals surface area contributed by atoms with Gasteiger partial charge >= 0.3 is 11.4 Å². The number of H-pyrrole nitrogens is 2. The fourth-order valence-electron chi connectivity index (χ4n) is 22.7. The second-order valence-electron chi connectivity index (χ2n) is 39.1. The Balaban J connectivity index is 0.000000146. The van der Waals surface area contributed by atoms with E-state index in [4.69, 9.17) is 50.5 Å². The van der Waals surface area contributed by atoms with E-state index in [9.17, 15) is 24.0 Å². The lowest BCUT2D eigenvalue weighted by Gasteiger charge is -2.42. The summed E-state index contributed by atoms with van der Waals surface area (Å²) in [5.74, 6) is 0.113. The Kier molecular flexibility index (Phi) is 32.3. The van der Waals surface area contributed by atoms with Gasteiger partial charge in [0.05, 0.1) is 43.0 Å². The molecule has 0 aliphatic carbocycles. The molecule has 0 bridgehead atoms. The van der Waals surface area contributed by atoms with Gasteiger partial charge in [0.15, 0.2) is 48.0 Å². The van der Waals surface area contributed by atoms with Gasteiger partial charge in [-0.15, -0.1) is 0 Å². The molecule has 1 amide bonds. The number of fused-ring (bicyclic) bond motifs is 4. The predicted octanol–water partition coefficient (Wildman–Crippen LogP) is 15.1. The summed E-state index contributed by atoms with van der Waals surface area (Å²) in [6.07, 6.45) is 3.41. The monoisotopic (exact) mass is 2000 g/mol. The van der Waals surface area contributed by atoms with Crippen molar-refractivity contribution in [1.29, 1.82) is 0 Å². The first-order chi connectivity index (χ1) is 66.2.